The second kappa shape index (κ2) is 4.33. The third-order valence-corrected chi connectivity index (χ3v) is 2.37. The Morgan fingerprint density at radius 3 is 2.59 bits per heavy atom. The minimum Gasteiger partial charge on any atom is -0.477 e. The van der Waals surface area contributed by atoms with Gasteiger partial charge in [-0.05, 0) is 26.0 Å². The fourth-order valence-corrected chi connectivity index (χ4v) is 1.63. The van der Waals surface area contributed by atoms with Crippen LogP contribution >= 0.6 is 0 Å². The number of carboxylic acids is 1. The van der Waals surface area contributed by atoms with Crippen LogP contribution in [0, 0.1) is 13.8 Å². The second-order valence-corrected chi connectivity index (χ2v) is 3.86. The molecule has 17 heavy (non-hydrogen) atoms. The van der Waals surface area contributed by atoms with Gasteiger partial charge >= 0.3 is 5.97 Å². The molecule has 0 bridgehead atoms. The summed E-state index contributed by atoms with van der Waals surface area (Å²) in [6, 6.07) is 9.26. The topological polar surface area (TPSA) is 63.1 Å². The van der Waals surface area contributed by atoms with E-state index in [1.54, 1.807) is 6.92 Å². The van der Waals surface area contributed by atoms with E-state index in [1.165, 1.54) is 6.07 Å². The molecule has 0 unspecified atom stereocenters. The molecule has 0 aliphatic heterocycles. The van der Waals surface area contributed by atoms with E-state index in [0.717, 1.165) is 11.1 Å². The molecule has 0 fully saturated rings. The Hall–Kier alpha value is -2.23. The number of aromatic carboxylic acids is 1. The molecule has 0 saturated heterocycles. The predicted octanol–water partition coefficient (Wildman–Crippen LogP) is 2.46. The smallest absolute Gasteiger partial charge is 0.354 e. The summed E-state index contributed by atoms with van der Waals surface area (Å²) in [5.41, 5.74) is 2.67. The molecule has 0 amide bonds. The third kappa shape index (κ3) is 2.47. The maximum Gasteiger partial charge on any atom is 0.354 e. The molecule has 86 valence electrons. The second-order valence-electron chi connectivity index (χ2n) is 3.86. The summed E-state index contributed by atoms with van der Waals surface area (Å²) in [7, 11) is 0. The number of carboxylic acid groups (broad SMARTS) is 1. The highest BCUT2D eigenvalue weighted by Crippen LogP contribution is 2.19. The quantitative estimate of drug-likeness (QED) is 0.857. The van der Waals surface area contributed by atoms with Crippen molar-refractivity contribution in [2.75, 3.05) is 0 Å². The first-order valence-electron chi connectivity index (χ1n) is 5.22. The molecule has 0 aliphatic rings. The van der Waals surface area contributed by atoms with E-state index >= 15 is 0 Å². The Kier molecular flexibility index (Phi) is 2.87. The predicted molar refractivity (Wildman–Crippen MR) is 63.9 cm³/mol. The van der Waals surface area contributed by atoms with Crippen LogP contribution in [0.4, 0.5) is 0 Å². The normalized spacial score (nSPS) is 10.2. The van der Waals surface area contributed by atoms with Gasteiger partial charge in [0.25, 0.3) is 0 Å². The Morgan fingerprint density at radius 2 is 1.94 bits per heavy atom. The molecule has 2 aromatic rings. The molecule has 0 saturated carbocycles. The van der Waals surface area contributed by atoms with Gasteiger partial charge in [0, 0.05) is 5.56 Å². The summed E-state index contributed by atoms with van der Waals surface area (Å²) in [6.45, 7) is 3.67. The Balaban J connectivity index is 2.56. The lowest BCUT2D eigenvalue weighted by molar-refractivity contribution is 0.0690. The Labute approximate surface area is 99.0 Å². The van der Waals surface area contributed by atoms with Crippen molar-refractivity contribution in [1.82, 2.24) is 9.97 Å². The minimum absolute atomic E-state index is 0.0222. The number of nitrogens with zero attached hydrogens (tertiary/aromatic N) is 2. The number of aryl methyl sites for hydroxylation is 2. The van der Waals surface area contributed by atoms with Gasteiger partial charge in [-0.2, -0.15) is 0 Å². The molecule has 0 radical (unpaired) electrons. The van der Waals surface area contributed by atoms with E-state index < -0.39 is 5.97 Å². The van der Waals surface area contributed by atoms with Crippen molar-refractivity contribution in [3.8, 4) is 11.3 Å². The third-order valence-electron chi connectivity index (χ3n) is 2.37. The van der Waals surface area contributed by atoms with Gasteiger partial charge in [0.05, 0.1) is 5.69 Å². The summed E-state index contributed by atoms with van der Waals surface area (Å²) in [4.78, 5) is 19.0. The maximum atomic E-state index is 10.9. The zero-order valence-corrected chi connectivity index (χ0v) is 9.64. The summed E-state index contributed by atoms with van der Waals surface area (Å²) in [5.74, 6) is -0.578. The number of benzene rings is 1. The van der Waals surface area contributed by atoms with Crippen LogP contribution in [-0.2, 0) is 0 Å². The van der Waals surface area contributed by atoms with Crippen LogP contribution < -0.4 is 0 Å². The van der Waals surface area contributed by atoms with Gasteiger partial charge in [0.1, 0.15) is 5.82 Å². The lowest BCUT2D eigenvalue weighted by atomic mass is 10.1. The summed E-state index contributed by atoms with van der Waals surface area (Å²) >= 11 is 0. The molecular formula is C13H12N2O2. The SMILES string of the molecule is Cc1cccc(-c2cc(C(=O)O)nc(C)n2)c1. The van der Waals surface area contributed by atoms with Crippen molar-refractivity contribution in [3.63, 3.8) is 0 Å². The van der Waals surface area contributed by atoms with Crippen LogP contribution in [0.5, 0.6) is 0 Å². The number of carbonyl (C=O) groups is 1. The van der Waals surface area contributed by atoms with Crippen molar-refractivity contribution < 1.29 is 9.90 Å². The highest BCUT2D eigenvalue weighted by Gasteiger charge is 2.09. The molecule has 1 N–H and O–H groups in total. The van der Waals surface area contributed by atoms with Crippen molar-refractivity contribution in [1.29, 1.82) is 0 Å². The van der Waals surface area contributed by atoms with Crippen molar-refractivity contribution in [2.24, 2.45) is 0 Å². The van der Waals surface area contributed by atoms with Crippen LogP contribution in [0.3, 0.4) is 0 Å². The van der Waals surface area contributed by atoms with Crippen LogP contribution in [0.25, 0.3) is 11.3 Å². The van der Waals surface area contributed by atoms with Crippen molar-refractivity contribution in [2.45, 2.75) is 13.8 Å². The molecule has 0 spiro atoms. The monoisotopic (exact) mass is 228 g/mol. The van der Waals surface area contributed by atoms with Gasteiger partial charge in [-0.15, -0.1) is 0 Å². The molecule has 4 nitrogen and oxygen atoms in total. The lowest BCUT2D eigenvalue weighted by Crippen LogP contribution is -2.04. The van der Waals surface area contributed by atoms with Gasteiger partial charge in [-0.25, -0.2) is 14.8 Å². The number of hydrogen-bond donors (Lipinski definition) is 1. The zero-order valence-electron chi connectivity index (χ0n) is 9.64. The Morgan fingerprint density at radius 1 is 1.18 bits per heavy atom. The first-order chi connectivity index (χ1) is 8.06. The van der Waals surface area contributed by atoms with Crippen LogP contribution in [0.15, 0.2) is 30.3 Å². The van der Waals surface area contributed by atoms with E-state index in [9.17, 15) is 4.79 Å². The number of aromatic nitrogens is 2. The average Bonchev–Trinajstić information content (AvgIpc) is 2.28. The number of hydrogen-bond acceptors (Lipinski definition) is 3. The standard InChI is InChI=1S/C13H12N2O2/c1-8-4-3-5-10(6-8)11-7-12(13(16)17)15-9(2)14-11/h3-7H,1-2H3,(H,16,17). The molecule has 1 heterocycles. The molecule has 0 atom stereocenters. The fraction of sp³-hybridized carbons (Fsp3) is 0.154. The van der Waals surface area contributed by atoms with Gasteiger partial charge in [0.2, 0.25) is 0 Å². The molecule has 0 aliphatic carbocycles. The highest BCUT2D eigenvalue weighted by molar-refractivity contribution is 5.86. The van der Waals surface area contributed by atoms with Gasteiger partial charge < -0.3 is 5.11 Å². The minimum atomic E-state index is -1.04. The van der Waals surface area contributed by atoms with Gasteiger partial charge in [-0.3, -0.25) is 0 Å². The van der Waals surface area contributed by atoms with Gasteiger partial charge in [-0.1, -0.05) is 23.8 Å². The average molecular weight is 228 g/mol. The van der Waals surface area contributed by atoms with E-state index in [1.807, 2.05) is 31.2 Å². The largest absolute Gasteiger partial charge is 0.477 e. The van der Waals surface area contributed by atoms with Crippen molar-refractivity contribution in [3.05, 3.63) is 47.4 Å². The van der Waals surface area contributed by atoms with Gasteiger partial charge in [0.15, 0.2) is 5.69 Å². The summed E-state index contributed by atoms with van der Waals surface area (Å²) < 4.78 is 0. The fourth-order valence-electron chi connectivity index (χ4n) is 1.63. The van der Waals surface area contributed by atoms with E-state index in [-0.39, 0.29) is 5.69 Å². The van der Waals surface area contributed by atoms with E-state index in [0.29, 0.717) is 11.5 Å². The highest BCUT2D eigenvalue weighted by atomic mass is 16.4. The lowest BCUT2D eigenvalue weighted by Gasteiger charge is -2.04. The Bertz CT molecular complexity index is 579. The summed E-state index contributed by atoms with van der Waals surface area (Å²) in [6.07, 6.45) is 0. The zero-order chi connectivity index (χ0) is 12.4. The molecular weight excluding hydrogens is 216 g/mol. The van der Waals surface area contributed by atoms with E-state index in [4.69, 9.17) is 5.11 Å². The van der Waals surface area contributed by atoms with Crippen LogP contribution in [-0.4, -0.2) is 21.0 Å². The molecule has 1 aromatic carbocycles. The van der Waals surface area contributed by atoms with E-state index in [2.05, 4.69) is 9.97 Å². The maximum absolute atomic E-state index is 10.9. The van der Waals surface area contributed by atoms with Crippen LogP contribution in [0.2, 0.25) is 0 Å². The first kappa shape index (κ1) is 11.3. The summed E-state index contributed by atoms with van der Waals surface area (Å²) in [5, 5.41) is 8.94. The van der Waals surface area contributed by atoms with Crippen molar-refractivity contribution >= 4 is 5.97 Å². The molecule has 1 aromatic heterocycles. The molecule has 2 rings (SSSR count). The van der Waals surface area contributed by atoms with Crippen LogP contribution in [0.1, 0.15) is 21.9 Å². The molecule has 4 heteroatoms. The first-order valence-corrected chi connectivity index (χ1v) is 5.22. The number of rotatable bonds is 2.